The normalized spacial score (nSPS) is 10.5. The van der Waals surface area contributed by atoms with Crippen LogP contribution in [0.2, 0.25) is 0 Å². The summed E-state index contributed by atoms with van der Waals surface area (Å²) in [5, 5.41) is 12.0. The molecule has 2 aromatic carbocycles. The summed E-state index contributed by atoms with van der Waals surface area (Å²) in [7, 11) is 0. The minimum absolute atomic E-state index is 0.196. The summed E-state index contributed by atoms with van der Waals surface area (Å²) in [5.74, 6) is 1.30. The number of ether oxygens (including phenoxy) is 1. The molecule has 0 radical (unpaired) electrons. The van der Waals surface area contributed by atoms with Gasteiger partial charge in [-0.05, 0) is 35.9 Å². The monoisotopic (exact) mass is 357 g/mol. The van der Waals surface area contributed by atoms with E-state index in [-0.39, 0.29) is 6.01 Å². The molecule has 4 N–H and O–H groups in total. The van der Waals surface area contributed by atoms with E-state index in [9.17, 15) is 0 Å². The van der Waals surface area contributed by atoms with Gasteiger partial charge in [0.25, 0.3) is 0 Å². The van der Waals surface area contributed by atoms with Crippen LogP contribution in [0.3, 0.4) is 0 Å². The highest BCUT2D eigenvalue weighted by Crippen LogP contribution is 2.20. The zero-order valence-electron chi connectivity index (χ0n) is 14.2. The first-order chi connectivity index (χ1) is 13.2. The molecule has 4 aromatic rings. The van der Waals surface area contributed by atoms with Crippen molar-refractivity contribution in [1.29, 1.82) is 5.26 Å². The van der Waals surface area contributed by atoms with Crippen LogP contribution in [-0.2, 0) is 6.54 Å². The third-order valence-corrected chi connectivity index (χ3v) is 3.86. The van der Waals surface area contributed by atoms with Crippen LogP contribution in [0.5, 0.6) is 11.8 Å². The lowest BCUT2D eigenvalue weighted by Gasteiger charge is -2.06. The molecule has 0 saturated heterocycles. The van der Waals surface area contributed by atoms with Gasteiger partial charge in [-0.2, -0.15) is 5.26 Å². The lowest BCUT2D eigenvalue weighted by Crippen LogP contribution is -2.00. The predicted molar refractivity (Wildman–Crippen MR) is 101 cm³/mol. The smallest absolute Gasteiger partial charge is 0.321 e. The van der Waals surface area contributed by atoms with Crippen molar-refractivity contribution in [3.05, 3.63) is 66.0 Å². The van der Waals surface area contributed by atoms with Crippen LogP contribution in [-0.4, -0.2) is 19.9 Å². The summed E-state index contributed by atoms with van der Waals surface area (Å²) in [6.07, 6.45) is 2.84. The van der Waals surface area contributed by atoms with E-state index in [0.29, 0.717) is 29.5 Å². The van der Waals surface area contributed by atoms with Crippen molar-refractivity contribution >= 4 is 22.7 Å². The molecule has 0 saturated carbocycles. The number of rotatable bonds is 5. The first kappa shape index (κ1) is 16.4. The molecular weight excluding hydrogens is 342 g/mol. The molecule has 2 aromatic heterocycles. The van der Waals surface area contributed by atoms with Gasteiger partial charge < -0.3 is 20.8 Å². The van der Waals surface area contributed by atoms with Crippen LogP contribution >= 0.6 is 0 Å². The third kappa shape index (κ3) is 3.77. The second-order valence-corrected chi connectivity index (χ2v) is 5.83. The van der Waals surface area contributed by atoms with Crippen molar-refractivity contribution in [2.45, 2.75) is 6.54 Å². The number of nitrogens with two attached hydrogens (primary N) is 1. The molecule has 2 heterocycles. The summed E-state index contributed by atoms with van der Waals surface area (Å²) in [6.45, 7) is 0.600. The second kappa shape index (κ2) is 7.01. The Morgan fingerprint density at radius 3 is 2.63 bits per heavy atom. The molecule has 0 amide bonds. The molecule has 8 heteroatoms. The number of fused-ring (bicyclic) bond motifs is 1. The van der Waals surface area contributed by atoms with Crippen molar-refractivity contribution < 1.29 is 4.74 Å². The zero-order chi connectivity index (χ0) is 18.6. The Morgan fingerprint density at radius 2 is 1.89 bits per heavy atom. The summed E-state index contributed by atoms with van der Waals surface area (Å²) in [6, 6.07) is 15.2. The van der Waals surface area contributed by atoms with Gasteiger partial charge in [-0.25, -0.2) is 15.0 Å². The summed E-state index contributed by atoms with van der Waals surface area (Å²) in [5.41, 5.74) is 9.67. The Bertz CT molecular complexity index is 1110. The van der Waals surface area contributed by atoms with Gasteiger partial charge in [0.05, 0.1) is 29.0 Å². The van der Waals surface area contributed by atoms with E-state index in [0.717, 1.165) is 16.6 Å². The van der Waals surface area contributed by atoms with E-state index in [4.69, 9.17) is 15.7 Å². The molecule has 27 heavy (non-hydrogen) atoms. The molecular formula is C19H15N7O. The van der Waals surface area contributed by atoms with Gasteiger partial charge in [-0.1, -0.05) is 12.1 Å². The van der Waals surface area contributed by atoms with Crippen molar-refractivity contribution in [2.24, 2.45) is 0 Å². The van der Waals surface area contributed by atoms with Crippen LogP contribution in [0.4, 0.5) is 11.6 Å². The average Bonchev–Trinajstić information content (AvgIpc) is 3.10. The topological polar surface area (TPSA) is 126 Å². The Hall–Kier alpha value is -4.12. The maximum Gasteiger partial charge on any atom is 0.321 e. The lowest BCUT2D eigenvalue weighted by atomic mass is 10.2. The van der Waals surface area contributed by atoms with E-state index in [1.807, 2.05) is 48.5 Å². The minimum atomic E-state index is 0.196. The van der Waals surface area contributed by atoms with Crippen molar-refractivity contribution in [1.82, 2.24) is 19.9 Å². The van der Waals surface area contributed by atoms with Gasteiger partial charge in [0, 0.05) is 12.2 Å². The van der Waals surface area contributed by atoms with E-state index < -0.39 is 0 Å². The van der Waals surface area contributed by atoms with Gasteiger partial charge in [-0.3, -0.25) is 0 Å². The Kier molecular flexibility index (Phi) is 4.25. The van der Waals surface area contributed by atoms with E-state index >= 15 is 0 Å². The minimum Gasteiger partial charge on any atom is -0.424 e. The number of nitrogens with zero attached hydrogens (tertiary/aromatic N) is 4. The molecule has 0 aliphatic carbocycles. The number of aromatic nitrogens is 4. The van der Waals surface area contributed by atoms with Gasteiger partial charge in [0.1, 0.15) is 11.8 Å². The summed E-state index contributed by atoms with van der Waals surface area (Å²) < 4.78 is 5.56. The fourth-order valence-electron chi connectivity index (χ4n) is 2.50. The number of H-pyrrole nitrogens is 1. The number of anilines is 2. The molecule has 8 nitrogen and oxygen atoms in total. The lowest BCUT2D eigenvalue weighted by molar-refractivity contribution is 0.441. The molecule has 0 bridgehead atoms. The Balaban J connectivity index is 1.38. The van der Waals surface area contributed by atoms with E-state index in [1.165, 1.54) is 12.4 Å². The zero-order valence-corrected chi connectivity index (χ0v) is 14.2. The first-order valence-corrected chi connectivity index (χ1v) is 8.18. The molecule has 0 unspecified atom stereocenters. The van der Waals surface area contributed by atoms with Crippen molar-refractivity contribution in [3.8, 4) is 17.8 Å². The van der Waals surface area contributed by atoms with Crippen molar-refractivity contribution in [3.63, 3.8) is 0 Å². The molecule has 0 spiro atoms. The number of aromatic amines is 1. The first-order valence-electron chi connectivity index (χ1n) is 8.18. The predicted octanol–water partition coefficient (Wildman–Crippen LogP) is 3.21. The molecule has 0 aliphatic rings. The molecule has 0 aliphatic heterocycles. The number of hydrogen-bond donors (Lipinski definition) is 3. The maximum atomic E-state index is 8.75. The molecule has 0 fully saturated rings. The van der Waals surface area contributed by atoms with Crippen LogP contribution in [0.15, 0.2) is 54.9 Å². The Labute approximate surface area is 154 Å². The highest BCUT2D eigenvalue weighted by atomic mass is 16.5. The number of nitrogens with one attached hydrogen (secondary N) is 2. The van der Waals surface area contributed by atoms with Crippen LogP contribution in [0.1, 0.15) is 11.1 Å². The number of benzene rings is 2. The van der Waals surface area contributed by atoms with Gasteiger partial charge in [-0.15, -0.1) is 0 Å². The van der Waals surface area contributed by atoms with E-state index in [1.54, 1.807) is 0 Å². The van der Waals surface area contributed by atoms with Gasteiger partial charge >= 0.3 is 6.01 Å². The number of hydrogen-bond acceptors (Lipinski definition) is 7. The SMILES string of the molecule is N#Cc1cnc(Oc2ccc(CNc3nc4ccc(N)cc4[nH]3)cc2)nc1. The Morgan fingerprint density at radius 1 is 1.11 bits per heavy atom. The van der Waals surface area contributed by atoms with Gasteiger partial charge in [0.15, 0.2) is 0 Å². The van der Waals surface area contributed by atoms with Crippen LogP contribution in [0, 0.1) is 11.3 Å². The quantitative estimate of drug-likeness (QED) is 0.468. The highest BCUT2D eigenvalue weighted by molar-refractivity contribution is 5.80. The average molecular weight is 357 g/mol. The van der Waals surface area contributed by atoms with Gasteiger partial charge in [0.2, 0.25) is 5.95 Å². The maximum absolute atomic E-state index is 8.75. The highest BCUT2D eigenvalue weighted by Gasteiger charge is 2.04. The third-order valence-electron chi connectivity index (χ3n) is 3.86. The number of nitriles is 1. The van der Waals surface area contributed by atoms with E-state index in [2.05, 4.69) is 25.3 Å². The summed E-state index contributed by atoms with van der Waals surface area (Å²) >= 11 is 0. The second-order valence-electron chi connectivity index (χ2n) is 5.83. The molecule has 132 valence electrons. The largest absolute Gasteiger partial charge is 0.424 e. The number of nitrogen functional groups attached to an aromatic ring is 1. The molecule has 4 rings (SSSR count). The molecule has 0 atom stereocenters. The number of imidazole rings is 1. The van der Waals surface area contributed by atoms with Crippen LogP contribution in [0.25, 0.3) is 11.0 Å². The standard InChI is InChI=1S/C19H15N7O/c20-8-13-10-23-19(24-11-13)27-15-4-1-12(2-5-15)9-22-18-25-16-6-3-14(21)7-17(16)26-18/h1-7,10-11H,9,21H2,(H2,22,25,26). The fourth-order valence-corrected chi connectivity index (χ4v) is 2.50. The van der Waals surface area contributed by atoms with Crippen molar-refractivity contribution in [2.75, 3.05) is 11.1 Å². The van der Waals surface area contributed by atoms with Crippen LogP contribution < -0.4 is 15.8 Å². The fraction of sp³-hybridized carbons (Fsp3) is 0.0526. The summed E-state index contributed by atoms with van der Waals surface area (Å²) in [4.78, 5) is 15.6.